The molecule has 0 unspecified atom stereocenters. The third kappa shape index (κ3) is 1.88. The van der Waals surface area contributed by atoms with Crippen LogP contribution < -0.4 is 11.1 Å². The maximum atomic E-state index is 5.60. The van der Waals surface area contributed by atoms with Crippen molar-refractivity contribution >= 4 is 11.6 Å². The standard InChI is InChI=1S/C9H14N4/c1-6-11-8(10)5-9(12-6)13-7-3-2-4-7/h5,7H,2-4H2,1H3,(H3,10,11,12,13). The van der Waals surface area contributed by atoms with E-state index in [9.17, 15) is 0 Å². The van der Waals surface area contributed by atoms with E-state index in [0.29, 0.717) is 11.9 Å². The zero-order valence-corrected chi connectivity index (χ0v) is 7.75. The molecule has 1 aliphatic rings. The molecule has 4 nitrogen and oxygen atoms in total. The summed E-state index contributed by atoms with van der Waals surface area (Å²) in [7, 11) is 0. The van der Waals surface area contributed by atoms with Crippen molar-refractivity contribution in [3.05, 3.63) is 11.9 Å². The topological polar surface area (TPSA) is 63.8 Å². The second kappa shape index (κ2) is 3.20. The fourth-order valence-corrected chi connectivity index (χ4v) is 1.43. The second-order valence-electron chi connectivity index (χ2n) is 3.50. The van der Waals surface area contributed by atoms with E-state index < -0.39 is 0 Å². The van der Waals surface area contributed by atoms with Gasteiger partial charge in [-0.15, -0.1) is 0 Å². The first-order valence-electron chi connectivity index (χ1n) is 4.62. The first-order chi connectivity index (χ1) is 6.24. The van der Waals surface area contributed by atoms with Crippen molar-refractivity contribution in [2.24, 2.45) is 0 Å². The summed E-state index contributed by atoms with van der Waals surface area (Å²) in [5.41, 5.74) is 5.60. The number of nitrogen functional groups attached to an aromatic ring is 1. The number of aromatic nitrogens is 2. The lowest BCUT2D eigenvalue weighted by Crippen LogP contribution is -2.27. The zero-order valence-electron chi connectivity index (χ0n) is 7.75. The summed E-state index contributed by atoms with van der Waals surface area (Å²) in [5, 5.41) is 3.33. The molecule has 1 aliphatic carbocycles. The molecular formula is C9H14N4. The van der Waals surface area contributed by atoms with Crippen LogP contribution in [0.25, 0.3) is 0 Å². The number of hydrogen-bond donors (Lipinski definition) is 2. The third-order valence-corrected chi connectivity index (χ3v) is 2.31. The monoisotopic (exact) mass is 178 g/mol. The molecule has 1 aromatic heterocycles. The Balaban J connectivity index is 2.10. The molecule has 0 saturated heterocycles. The van der Waals surface area contributed by atoms with Gasteiger partial charge < -0.3 is 11.1 Å². The molecule has 0 radical (unpaired) electrons. The summed E-state index contributed by atoms with van der Waals surface area (Å²) in [6.07, 6.45) is 3.79. The van der Waals surface area contributed by atoms with Crippen molar-refractivity contribution < 1.29 is 0 Å². The normalized spacial score (nSPS) is 16.7. The van der Waals surface area contributed by atoms with Gasteiger partial charge >= 0.3 is 0 Å². The van der Waals surface area contributed by atoms with E-state index in [1.165, 1.54) is 19.3 Å². The Morgan fingerprint density at radius 2 is 2.23 bits per heavy atom. The molecular weight excluding hydrogens is 164 g/mol. The molecule has 70 valence electrons. The Morgan fingerprint density at radius 3 is 2.77 bits per heavy atom. The predicted octanol–water partition coefficient (Wildman–Crippen LogP) is 1.33. The number of nitrogens with one attached hydrogen (secondary N) is 1. The number of rotatable bonds is 2. The molecule has 0 spiro atoms. The molecule has 13 heavy (non-hydrogen) atoms. The van der Waals surface area contributed by atoms with Crippen LogP contribution in [-0.4, -0.2) is 16.0 Å². The lowest BCUT2D eigenvalue weighted by molar-refractivity contribution is 0.444. The van der Waals surface area contributed by atoms with Crippen LogP contribution in [-0.2, 0) is 0 Å². The lowest BCUT2D eigenvalue weighted by atomic mass is 9.93. The van der Waals surface area contributed by atoms with Gasteiger partial charge in [0.1, 0.15) is 17.5 Å². The highest BCUT2D eigenvalue weighted by Crippen LogP contribution is 2.22. The molecule has 3 N–H and O–H groups in total. The van der Waals surface area contributed by atoms with Gasteiger partial charge in [0.15, 0.2) is 0 Å². The SMILES string of the molecule is Cc1nc(N)cc(NC2CCC2)n1. The van der Waals surface area contributed by atoms with Crippen LogP contribution >= 0.6 is 0 Å². The van der Waals surface area contributed by atoms with Crippen molar-refractivity contribution in [3.8, 4) is 0 Å². The maximum Gasteiger partial charge on any atom is 0.132 e. The van der Waals surface area contributed by atoms with Crippen LogP contribution in [0.3, 0.4) is 0 Å². The molecule has 0 bridgehead atoms. The van der Waals surface area contributed by atoms with Gasteiger partial charge in [0.25, 0.3) is 0 Å². The molecule has 4 heteroatoms. The summed E-state index contributed by atoms with van der Waals surface area (Å²) in [6, 6.07) is 2.37. The summed E-state index contributed by atoms with van der Waals surface area (Å²) in [6.45, 7) is 1.85. The molecule has 1 saturated carbocycles. The quantitative estimate of drug-likeness (QED) is 0.717. The van der Waals surface area contributed by atoms with Crippen LogP contribution in [0.1, 0.15) is 25.1 Å². The average Bonchev–Trinajstić information content (AvgIpc) is 1.95. The largest absolute Gasteiger partial charge is 0.384 e. The van der Waals surface area contributed by atoms with Crippen LogP contribution in [0.4, 0.5) is 11.6 Å². The van der Waals surface area contributed by atoms with Crippen molar-refractivity contribution in [1.29, 1.82) is 0 Å². The van der Waals surface area contributed by atoms with Gasteiger partial charge in [0.2, 0.25) is 0 Å². The van der Waals surface area contributed by atoms with Crippen molar-refractivity contribution in [2.45, 2.75) is 32.2 Å². The van der Waals surface area contributed by atoms with E-state index >= 15 is 0 Å². The highest BCUT2D eigenvalue weighted by molar-refractivity contribution is 5.45. The summed E-state index contributed by atoms with van der Waals surface area (Å²) >= 11 is 0. The lowest BCUT2D eigenvalue weighted by Gasteiger charge is -2.26. The van der Waals surface area contributed by atoms with Gasteiger partial charge in [-0.1, -0.05) is 0 Å². The predicted molar refractivity (Wildman–Crippen MR) is 52.4 cm³/mol. The highest BCUT2D eigenvalue weighted by atomic mass is 15.1. The molecule has 0 atom stereocenters. The number of aryl methyl sites for hydroxylation is 1. The van der Waals surface area contributed by atoms with Gasteiger partial charge in [-0.05, 0) is 26.2 Å². The van der Waals surface area contributed by atoms with Gasteiger partial charge in [0.05, 0.1) is 0 Å². The summed E-state index contributed by atoms with van der Waals surface area (Å²) in [4.78, 5) is 8.27. The molecule has 0 amide bonds. The van der Waals surface area contributed by atoms with E-state index in [1.54, 1.807) is 6.07 Å². The van der Waals surface area contributed by atoms with Crippen LogP contribution in [0.5, 0.6) is 0 Å². The van der Waals surface area contributed by atoms with Crippen molar-refractivity contribution in [1.82, 2.24) is 9.97 Å². The Kier molecular flexibility index (Phi) is 2.04. The van der Waals surface area contributed by atoms with Crippen LogP contribution in [0.2, 0.25) is 0 Å². The minimum Gasteiger partial charge on any atom is -0.384 e. The Morgan fingerprint density at radius 1 is 1.46 bits per heavy atom. The van der Waals surface area contributed by atoms with Gasteiger partial charge in [-0.3, -0.25) is 0 Å². The number of nitrogens with two attached hydrogens (primary N) is 1. The molecule has 0 aliphatic heterocycles. The Hall–Kier alpha value is -1.32. The molecule has 2 rings (SSSR count). The third-order valence-electron chi connectivity index (χ3n) is 2.31. The minimum atomic E-state index is 0.536. The summed E-state index contributed by atoms with van der Waals surface area (Å²) in [5.74, 6) is 2.12. The van der Waals surface area contributed by atoms with E-state index in [-0.39, 0.29) is 0 Å². The van der Waals surface area contributed by atoms with Crippen LogP contribution in [0.15, 0.2) is 6.07 Å². The first-order valence-corrected chi connectivity index (χ1v) is 4.62. The van der Waals surface area contributed by atoms with Crippen molar-refractivity contribution in [2.75, 3.05) is 11.1 Å². The van der Waals surface area contributed by atoms with Gasteiger partial charge in [0, 0.05) is 12.1 Å². The second-order valence-corrected chi connectivity index (χ2v) is 3.50. The van der Waals surface area contributed by atoms with Crippen LogP contribution in [0, 0.1) is 6.92 Å². The summed E-state index contributed by atoms with van der Waals surface area (Å²) < 4.78 is 0. The fraction of sp³-hybridized carbons (Fsp3) is 0.556. The van der Waals surface area contributed by atoms with E-state index in [0.717, 1.165) is 11.6 Å². The zero-order chi connectivity index (χ0) is 9.26. The fourth-order valence-electron chi connectivity index (χ4n) is 1.43. The number of nitrogens with zero attached hydrogens (tertiary/aromatic N) is 2. The number of hydrogen-bond acceptors (Lipinski definition) is 4. The van der Waals surface area contributed by atoms with Crippen molar-refractivity contribution in [3.63, 3.8) is 0 Å². The first kappa shape index (κ1) is 8.29. The van der Waals surface area contributed by atoms with E-state index in [4.69, 9.17) is 5.73 Å². The van der Waals surface area contributed by atoms with Gasteiger partial charge in [-0.2, -0.15) is 0 Å². The number of anilines is 2. The smallest absolute Gasteiger partial charge is 0.132 e. The highest BCUT2D eigenvalue weighted by Gasteiger charge is 2.17. The maximum absolute atomic E-state index is 5.60. The Labute approximate surface area is 77.6 Å². The molecule has 1 fully saturated rings. The minimum absolute atomic E-state index is 0.536. The average molecular weight is 178 g/mol. The van der Waals surface area contributed by atoms with E-state index in [1.807, 2.05) is 6.92 Å². The van der Waals surface area contributed by atoms with E-state index in [2.05, 4.69) is 15.3 Å². The Bertz CT molecular complexity index is 286. The molecule has 0 aromatic carbocycles. The molecule has 1 aromatic rings. The molecule has 1 heterocycles. The van der Waals surface area contributed by atoms with Gasteiger partial charge in [-0.25, -0.2) is 9.97 Å².